The zero-order chi connectivity index (χ0) is 10.9. The van der Waals surface area contributed by atoms with Crippen LogP contribution < -0.4 is 0 Å². The summed E-state index contributed by atoms with van der Waals surface area (Å²) in [6, 6.07) is 0. The summed E-state index contributed by atoms with van der Waals surface area (Å²) in [4.78, 5) is 1.08. The second-order valence-electron chi connectivity index (χ2n) is 3.06. The zero-order valence-corrected chi connectivity index (χ0v) is 9.11. The van der Waals surface area contributed by atoms with Gasteiger partial charge in [-0.05, 0) is 34.5 Å². The van der Waals surface area contributed by atoms with Crippen molar-refractivity contribution >= 4 is 15.9 Å². The lowest BCUT2D eigenvalue weighted by atomic mass is 10.2. The SMILES string of the molecule is C=C1C(Br)=CC(C)=CN1CC(F)(F)F. The standard InChI is InChI=1S/C9H9BrF3N/c1-6-3-8(10)7(2)14(4-6)5-9(11,12)13/h3-4H,2,5H2,1H3. The third kappa shape index (κ3) is 2.90. The van der Waals surface area contributed by atoms with Crippen LogP contribution in [0.3, 0.4) is 0 Å². The van der Waals surface area contributed by atoms with E-state index in [0.29, 0.717) is 10.2 Å². The molecule has 1 rings (SSSR count). The van der Waals surface area contributed by atoms with Crippen LogP contribution in [-0.4, -0.2) is 17.6 Å². The van der Waals surface area contributed by atoms with Gasteiger partial charge in [0.15, 0.2) is 0 Å². The molecule has 5 heteroatoms. The minimum Gasteiger partial charge on any atom is -0.338 e. The lowest BCUT2D eigenvalue weighted by Crippen LogP contribution is -2.30. The second-order valence-corrected chi connectivity index (χ2v) is 3.91. The van der Waals surface area contributed by atoms with Crippen molar-refractivity contribution in [2.24, 2.45) is 0 Å². The van der Waals surface area contributed by atoms with Gasteiger partial charge >= 0.3 is 6.18 Å². The molecule has 0 radical (unpaired) electrons. The van der Waals surface area contributed by atoms with E-state index in [-0.39, 0.29) is 0 Å². The molecule has 0 aromatic heterocycles. The highest BCUT2D eigenvalue weighted by Gasteiger charge is 2.31. The number of halogens is 4. The van der Waals surface area contributed by atoms with Gasteiger partial charge in [-0.15, -0.1) is 0 Å². The third-order valence-electron chi connectivity index (χ3n) is 1.69. The van der Waals surface area contributed by atoms with Gasteiger partial charge in [0.2, 0.25) is 0 Å². The maximum absolute atomic E-state index is 12.1. The van der Waals surface area contributed by atoms with Crippen LogP contribution in [0.2, 0.25) is 0 Å². The lowest BCUT2D eigenvalue weighted by Gasteiger charge is -2.27. The molecule has 0 unspecified atom stereocenters. The summed E-state index contributed by atoms with van der Waals surface area (Å²) < 4.78 is 36.9. The van der Waals surface area contributed by atoms with Gasteiger partial charge in [0.25, 0.3) is 0 Å². The summed E-state index contributed by atoms with van der Waals surface area (Å²) in [5, 5.41) is 0. The summed E-state index contributed by atoms with van der Waals surface area (Å²) in [6.45, 7) is 4.29. The van der Waals surface area contributed by atoms with Crippen LogP contribution in [0.25, 0.3) is 0 Å². The average molecular weight is 268 g/mol. The van der Waals surface area contributed by atoms with Gasteiger partial charge in [-0.25, -0.2) is 0 Å². The van der Waals surface area contributed by atoms with Crippen molar-refractivity contribution in [3.8, 4) is 0 Å². The Labute approximate surface area is 88.7 Å². The maximum Gasteiger partial charge on any atom is 0.406 e. The molecule has 0 amide bonds. The fraction of sp³-hybridized carbons (Fsp3) is 0.333. The number of hydrogen-bond acceptors (Lipinski definition) is 1. The molecule has 0 aliphatic carbocycles. The van der Waals surface area contributed by atoms with Crippen molar-refractivity contribution in [1.82, 2.24) is 4.90 Å². The Morgan fingerprint density at radius 2 is 2.07 bits per heavy atom. The summed E-state index contributed by atoms with van der Waals surface area (Å²) in [5.41, 5.74) is 1.08. The van der Waals surface area contributed by atoms with E-state index in [1.54, 1.807) is 13.0 Å². The van der Waals surface area contributed by atoms with Gasteiger partial charge < -0.3 is 4.90 Å². The molecule has 0 bridgehead atoms. The first-order valence-corrected chi connectivity index (χ1v) is 4.67. The minimum atomic E-state index is -4.22. The molecule has 0 aromatic rings. The number of alkyl halides is 3. The highest BCUT2D eigenvalue weighted by atomic mass is 79.9. The topological polar surface area (TPSA) is 3.24 Å². The van der Waals surface area contributed by atoms with Crippen LogP contribution >= 0.6 is 15.9 Å². The van der Waals surface area contributed by atoms with E-state index in [9.17, 15) is 13.2 Å². The number of nitrogens with zero attached hydrogens (tertiary/aromatic N) is 1. The zero-order valence-electron chi connectivity index (χ0n) is 7.53. The monoisotopic (exact) mass is 267 g/mol. The quantitative estimate of drug-likeness (QED) is 0.702. The van der Waals surface area contributed by atoms with Crippen LogP contribution in [0.5, 0.6) is 0 Å². The molecule has 14 heavy (non-hydrogen) atoms. The largest absolute Gasteiger partial charge is 0.406 e. The predicted octanol–water partition coefficient (Wildman–Crippen LogP) is 3.56. The first-order chi connectivity index (χ1) is 6.29. The van der Waals surface area contributed by atoms with E-state index in [2.05, 4.69) is 22.5 Å². The molecule has 0 atom stereocenters. The maximum atomic E-state index is 12.1. The Morgan fingerprint density at radius 3 is 2.57 bits per heavy atom. The molecular weight excluding hydrogens is 259 g/mol. The van der Waals surface area contributed by atoms with E-state index in [1.807, 2.05) is 0 Å². The van der Waals surface area contributed by atoms with E-state index in [4.69, 9.17) is 0 Å². The molecule has 1 nitrogen and oxygen atoms in total. The third-order valence-corrected chi connectivity index (χ3v) is 2.37. The van der Waals surface area contributed by atoms with E-state index >= 15 is 0 Å². The summed E-state index contributed by atoms with van der Waals surface area (Å²) in [5.74, 6) is 0. The van der Waals surface area contributed by atoms with Crippen molar-refractivity contribution in [2.45, 2.75) is 13.1 Å². The Balaban J connectivity index is 2.82. The smallest absolute Gasteiger partial charge is 0.338 e. The van der Waals surface area contributed by atoms with Crippen LogP contribution in [0.4, 0.5) is 13.2 Å². The Hall–Kier alpha value is -0.710. The Kier molecular flexibility index (Phi) is 3.09. The van der Waals surface area contributed by atoms with Crippen molar-refractivity contribution in [3.63, 3.8) is 0 Å². The molecule has 0 aromatic carbocycles. The van der Waals surface area contributed by atoms with Crippen LogP contribution in [0.15, 0.2) is 34.6 Å². The molecule has 1 aliphatic rings. The number of rotatable bonds is 1. The molecule has 1 aliphatic heterocycles. The van der Waals surface area contributed by atoms with E-state index in [1.165, 1.54) is 6.20 Å². The van der Waals surface area contributed by atoms with Gasteiger partial charge in [0.1, 0.15) is 6.54 Å². The highest BCUT2D eigenvalue weighted by Crippen LogP contribution is 2.29. The van der Waals surface area contributed by atoms with Gasteiger partial charge in [-0.3, -0.25) is 0 Å². The van der Waals surface area contributed by atoms with Crippen molar-refractivity contribution < 1.29 is 13.2 Å². The van der Waals surface area contributed by atoms with Gasteiger partial charge in [0.05, 0.1) is 0 Å². The second kappa shape index (κ2) is 3.81. The number of hydrogen-bond donors (Lipinski definition) is 0. The first-order valence-electron chi connectivity index (χ1n) is 3.88. The molecule has 0 saturated heterocycles. The molecule has 0 fully saturated rings. The average Bonchev–Trinajstić information content (AvgIpc) is 1.96. The number of allylic oxidation sites excluding steroid dienone is 3. The van der Waals surface area contributed by atoms with Crippen molar-refractivity contribution in [3.05, 3.63) is 34.6 Å². The summed E-state index contributed by atoms with van der Waals surface area (Å²) in [7, 11) is 0. The van der Waals surface area contributed by atoms with Crippen LogP contribution in [-0.2, 0) is 0 Å². The molecule has 0 spiro atoms. The first kappa shape index (κ1) is 11.4. The van der Waals surface area contributed by atoms with Gasteiger partial charge in [-0.1, -0.05) is 6.58 Å². The Bertz CT molecular complexity index is 315. The van der Waals surface area contributed by atoms with Crippen LogP contribution in [0.1, 0.15) is 6.92 Å². The predicted molar refractivity (Wildman–Crippen MR) is 52.7 cm³/mol. The highest BCUT2D eigenvalue weighted by molar-refractivity contribution is 9.12. The Morgan fingerprint density at radius 1 is 1.50 bits per heavy atom. The van der Waals surface area contributed by atoms with Crippen LogP contribution in [0, 0.1) is 0 Å². The molecule has 0 N–H and O–H groups in total. The summed E-state index contributed by atoms with van der Waals surface area (Å²) >= 11 is 3.15. The fourth-order valence-electron chi connectivity index (χ4n) is 1.12. The summed E-state index contributed by atoms with van der Waals surface area (Å²) in [6.07, 6.45) is -1.06. The van der Waals surface area contributed by atoms with Crippen molar-refractivity contribution in [2.75, 3.05) is 6.54 Å². The molecule has 1 heterocycles. The molecule has 78 valence electrons. The molecular formula is C9H9BrF3N. The van der Waals surface area contributed by atoms with E-state index in [0.717, 1.165) is 10.5 Å². The molecule has 0 saturated carbocycles. The van der Waals surface area contributed by atoms with Gasteiger partial charge in [-0.2, -0.15) is 13.2 Å². The fourth-order valence-corrected chi connectivity index (χ4v) is 1.70. The normalized spacial score (nSPS) is 18.1. The minimum absolute atomic E-state index is 0.327. The van der Waals surface area contributed by atoms with Gasteiger partial charge in [0, 0.05) is 16.4 Å². The lowest BCUT2D eigenvalue weighted by molar-refractivity contribution is -0.136. The van der Waals surface area contributed by atoms with Crippen molar-refractivity contribution in [1.29, 1.82) is 0 Å². The van der Waals surface area contributed by atoms with E-state index < -0.39 is 12.7 Å².